The molecule has 0 saturated carbocycles. The predicted octanol–water partition coefficient (Wildman–Crippen LogP) is 10.00. The first kappa shape index (κ1) is 24.2. The second-order valence-electron chi connectivity index (χ2n) is 10.5. The molecular formula is C39H25N3. The molecule has 0 saturated heterocycles. The van der Waals surface area contributed by atoms with E-state index in [1.54, 1.807) is 0 Å². The van der Waals surface area contributed by atoms with Crippen molar-refractivity contribution in [3.8, 4) is 45.3 Å². The van der Waals surface area contributed by atoms with E-state index < -0.39 is 0 Å². The van der Waals surface area contributed by atoms with Crippen LogP contribution in [0.25, 0.3) is 77.6 Å². The van der Waals surface area contributed by atoms with Gasteiger partial charge in [-0.25, -0.2) is 15.0 Å². The Kier molecular flexibility index (Phi) is 5.79. The molecule has 0 radical (unpaired) electrons. The Hall–Kier alpha value is -5.67. The minimum absolute atomic E-state index is 0.656. The van der Waals surface area contributed by atoms with Gasteiger partial charge < -0.3 is 0 Å². The van der Waals surface area contributed by atoms with E-state index in [0.717, 1.165) is 27.6 Å². The second kappa shape index (κ2) is 10.1. The van der Waals surface area contributed by atoms with Crippen LogP contribution < -0.4 is 0 Å². The molecule has 0 aliphatic carbocycles. The van der Waals surface area contributed by atoms with E-state index in [0.29, 0.717) is 17.5 Å². The Morgan fingerprint density at radius 2 is 0.690 bits per heavy atom. The van der Waals surface area contributed by atoms with Gasteiger partial charge in [-0.3, -0.25) is 0 Å². The number of benzene rings is 7. The fourth-order valence-electron chi connectivity index (χ4n) is 5.76. The van der Waals surface area contributed by atoms with Crippen molar-refractivity contribution in [2.45, 2.75) is 0 Å². The van der Waals surface area contributed by atoms with Crippen LogP contribution in [-0.4, -0.2) is 15.0 Å². The first-order chi connectivity index (χ1) is 20.8. The number of rotatable bonds is 4. The molecule has 0 aliphatic heterocycles. The van der Waals surface area contributed by atoms with Crippen LogP contribution >= 0.6 is 0 Å². The van der Waals surface area contributed by atoms with Gasteiger partial charge in [0.05, 0.1) is 0 Å². The molecule has 0 fully saturated rings. The van der Waals surface area contributed by atoms with E-state index in [1.165, 1.54) is 32.5 Å². The molecule has 0 amide bonds. The Bertz CT molecular complexity index is 2220. The maximum Gasteiger partial charge on any atom is 0.164 e. The van der Waals surface area contributed by atoms with Gasteiger partial charge >= 0.3 is 0 Å². The number of fused-ring (bicyclic) bond motifs is 5. The summed E-state index contributed by atoms with van der Waals surface area (Å²) in [5, 5.41) is 7.42. The molecule has 1 heterocycles. The Balaban J connectivity index is 1.26. The van der Waals surface area contributed by atoms with Crippen LogP contribution in [0.4, 0.5) is 0 Å². The van der Waals surface area contributed by atoms with Crippen molar-refractivity contribution in [3.63, 3.8) is 0 Å². The van der Waals surface area contributed by atoms with Gasteiger partial charge in [0, 0.05) is 16.7 Å². The third-order valence-corrected chi connectivity index (χ3v) is 7.92. The Morgan fingerprint density at radius 1 is 0.262 bits per heavy atom. The number of hydrogen-bond donors (Lipinski definition) is 0. The van der Waals surface area contributed by atoms with Gasteiger partial charge in [0.2, 0.25) is 0 Å². The van der Waals surface area contributed by atoms with Gasteiger partial charge in [0.15, 0.2) is 17.5 Å². The lowest BCUT2D eigenvalue weighted by Crippen LogP contribution is -2.00. The molecule has 42 heavy (non-hydrogen) atoms. The van der Waals surface area contributed by atoms with Crippen LogP contribution in [0, 0.1) is 0 Å². The van der Waals surface area contributed by atoms with E-state index in [2.05, 4.69) is 115 Å². The zero-order valence-corrected chi connectivity index (χ0v) is 22.8. The van der Waals surface area contributed by atoms with E-state index >= 15 is 0 Å². The molecule has 0 bridgehead atoms. The van der Waals surface area contributed by atoms with Crippen LogP contribution in [0.2, 0.25) is 0 Å². The highest BCUT2D eigenvalue weighted by atomic mass is 15.0. The van der Waals surface area contributed by atoms with E-state index in [-0.39, 0.29) is 0 Å². The molecule has 3 nitrogen and oxygen atoms in total. The summed E-state index contributed by atoms with van der Waals surface area (Å²) in [6.45, 7) is 0. The average molecular weight is 536 g/mol. The quantitative estimate of drug-likeness (QED) is 0.211. The molecule has 0 atom stereocenters. The second-order valence-corrected chi connectivity index (χ2v) is 10.5. The molecular weight excluding hydrogens is 510 g/mol. The largest absolute Gasteiger partial charge is 0.208 e. The predicted molar refractivity (Wildman–Crippen MR) is 174 cm³/mol. The lowest BCUT2D eigenvalue weighted by molar-refractivity contribution is 1.07. The zero-order valence-electron chi connectivity index (χ0n) is 22.8. The molecule has 0 spiro atoms. The number of nitrogens with zero attached hydrogens (tertiary/aromatic N) is 3. The lowest BCUT2D eigenvalue weighted by Gasteiger charge is -2.11. The normalized spacial score (nSPS) is 11.3. The number of aromatic nitrogens is 3. The van der Waals surface area contributed by atoms with E-state index in [4.69, 9.17) is 15.0 Å². The standard InChI is InChI=1S/C39H25N3/c1-3-9-26(10-4-1)27-15-17-30(18-16-27)38-40-37(29-12-5-2-6-13-29)41-39(42-38)32-21-22-34-31(25-32)20-24-35-33-14-8-7-11-28(33)19-23-36(34)35/h1-25H. The fourth-order valence-corrected chi connectivity index (χ4v) is 5.76. The van der Waals surface area contributed by atoms with Gasteiger partial charge in [-0.1, -0.05) is 146 Å². The van der Waals surface area contributed by atoms with Gasteiger partial charge in [-0.2, -0.15) is 0 Å². The van der Waals surface area contributed by atoms with Crippen molar-refractivity contribution in [2.75, 3.05) is 0 Å². The third-order valence-electron chi connectivity index (χ3n) is 7.92. The first-order valence-corrected chi connectivity index (χ1v) is 14.1. The summed E-state index contributed by atoms with van der Waals surface area (Å²) in [5.74, 6) is 1.97. The van der Waals surface area contributed by atoms with Crippen molar-refractivity contribution >= 4 is 32.3 Å². The molecule has 7 aromatic carbocycles. The summed E-state index contributed by atoms with van der Waals surface area (Å²) in [4.78, 5) is 14.9. The van der Waals surface area contributed by atoms with E-state index in [9.17, 15) is 0 Å². The van der Waals surface area contributed by atoms with Crippen LogP contribution in [0.5, 0.6) is 0 Å². The highest BCUT2D eigenvalue weighted by Crippen LogP contribution is 2.34. The Labute approximate surface area is 243 Å². The van der Waals surface area contributed by atoms with Crippen molar-refractivity contribution in [2.24, 2.45) is 0 Å². The molecule has 1 aromatic heterocycles. The van der Waals surface area contributed by atoms with Crippen LogP contribution in [0.15, 0.2) is 152 Å². The highest BCUT2D eigenvalue weighted by Gasteiger charge is 2.14. The molecule has 3 heteroatoms. The maximum absolute atomic E-state index is 4.99. The summed E-state index contributed by atoms with van der Waals surface area (Å²) in [7, 11) is 0. The summed E-state index contributed by atoms with van der Waals surface area (Å²) in [5.41, 5.74) is 5.22. The van der Waals surface area contributed by atoms with E-state index in [1.807, 2.05) is 36.4 Å². The summed E-state index contributed by atoms with van der Waals surface area (Å²) in [6.07, 6.45) is 0. The summed E-state index contributed by atoms with van der Waals surface area (Å²) >= 11 is 0. The van der Waals surface area contributed by atoms with Crippen molar-refractivity contribution in [1.29, 1.82) is 0 Å². The molecule has 0 N–H and O–H groups in total. The monoisotopic (exact) mass is 535 g/mol. The minimum Gasteiger partial charge on any atom is -0.208 e. The lowest BCUT2D eigenvalue weighted by atomic mass is 9.96. The minimum atomic E-state index is 0.656. The average Bonchev–Trinajstić information content (AvgIpc) is 3.08. The molecule has 8 rings (SSSR count). The molecule has 0 aliphatic rings. The summed E-state index contributed by atoms with van der Waals surface area (Å²) < 4.78 is 0. The van der Waals surface area contributed by atoms with Crippen LogP contribution in [0.3, 0.4) is 0 Å². The van der Waals surface area contributed by atoms with Gasteiger partial charge in [0.25, 0.3) is 0 Å². The molecule has 196 valence electrons. The van der Waals surface area contributed by atoms with Crippen molar-refractivity contribution in [1.82, 2.24) is 15.0 Å². The van der Waals surface area contributed by atoms with Crippen molar-refractivity contribution in [3.05, 3.63) is 152 Å². The highest BCUT2D eigenvalue weighted by molar-refractivity contribution is 6.17. The fraction of sp³-hybridized carbons (Fsp3) is 0. The first-order valence-electron chi connectivity index (χ1n) is 14.1. The molecule has 0 unspecified atom stereocenters. The molecule has 8 aromatic rings. The Morgan fingerprint density at radius 3 is 1.38 bits per heavy atom. The van der Waals surface area contributed by atoms with Gasteiger partial charge in [-0.15, -0.1) is 0 Å². The van der Waals surface area contributed by atoms with Gasteiger partial charge in [0.1, 0.15) is 0 Å². The topological polar surface area (TPSA) is 38.7 Å². The summed E-state index contributed by atoms with van der Waals surface area (Å²) in [6, 6.07) is 52.9. The van der Waals surface area contributed by atoms with Crippen molar-refractivity contribution < 1.29 is 0 Å². The SMILES string of the molecule is c1ccc(-c2ccc(-c3nc(-c4ccccc4)nc(-c4ccc5c(ccc6c7ccccc7ccc56)c4)n3)cc2)cc1. The van der Waals surface area contributed by atoms with Gasteiger partial charge in [-0.05, 0) is 49.5 Å². The number of hydrogen-bond acceptors (Lipinski definition) is 3. The van der Waals surface area contributed by atoms with Crippen LogP contribution in [-0.2, 0) is 0 Å². The zero-order chi connectivity index (χ0) is 27.9. The smallest absolute Gasteiger partial charge is 0.164 e. The van der Waals surface area contributed by atoms with Crippen LogP contribution in [0.1, 0.15) is 0 Å². The maximum atomic E-state index is 4.99. The third kappa shape index (κ3) is 4.29.